The van der Waals surface area contributed by atoms with Gasteiger partial charge in [-0.2, -0.15) is 0 Å². The highest BCUT2D eigenvalue weighted by Crippen LogP contribution is 2.23. The first kappa shape index (κ1) is 15.4. The predicted octanol–water partition coefficient (Wildman–Crippen LogP) is 4.20. The Morgan fingerprint density at radius 1 is 1.10 bits per heavy atom. The Morgan fingerprint density at radius 2 is 1.75 bits per heavy atom. The fourth-order valence-electron chi connectivity index (χ4n) is 2.09. The third-order valence-corrected chi connectivity index (χ3v) is 4.29. The van der Waals surface area contributed by atoms with Crippen molar-refractivity contribution in [2.45, 2.75) is 24.3 Å². The fraction of sp³-hybridized carbons (Fsp3) is 0.250. The van der Waals surface area contributed by atoms with Gasteiger partial charge < -0.3 is 0 Å². The van der Waals surface area contributed by atoms with Crippen molar-refractivity contribution in [3.8, 4) is 0 Å². The van der Waals surface area contributed by atoms with Crippen LogP contribution >= 0.6 is 23.4 Å². The van der Waals surface area contributed by atoms with Gasteiger partial charge in [0, 0.05) is 16.0 Å². The molecule has 0 heterocycles. The smallest absolute Gasteiger partial charge is 0.0500 e. The number of hydrazine groups is 1. The zero-order valence-electron chi connectivity index (χ0n) is 11.5. The molecule has 2 nitrogen and oxygen atoms in total. The van der Waals surface area contributed by atoms with Crippen LogP contribution in [0, 0.1) is 0 Å². The Balaban J connectivity index is 2.09. The van der Waals surface area contributed by atoms with Gasteiger partial charge in [0.05, 0.1) is 0 Å². The quantitative estimate of drug-likeness (QED) is 0.477. The third-order valence-electron chi connectivity index (χ3n) is 3.15. The van der Waals surface area contributed by atoms with Gasteiger partial charge in [0.2, 0.25) is 0 Å². The van der Waals surface area contributed by atoms with Crippen LogP contribution < -0.4 is 11.3 Å². The number of rotatable bonds is 6. The monoisotopic (exact) mass is 306 g/mol. The van der Waals surface area contributed by atoms with Crippen molar-refractivity contribution in [3.05, 3.63) is 64.7 Å². The molecule has 0 saturated carbocycles. The summed E-state index contributed by atoms with van der Waals surface area (Å²) < 4.78 is 0. The van der Waals surface area contributed by atoms with E-state index in [0.29, 0.717) is 0 Å². The molecule has 0 aliphatic carbocycles. The van der Waals surface area contributed by atoms with Gasteiger partial charge >= 0.3 is 0 Å². The maximum atomic E-state index is 5.90. The van der Waals surface area contributed by atoms with E-state index in [2.05, 4.69) is 36.6 Å². The molecule has 106 valence electrons. The summed E-state index contributed by atoms with van der Waals surface area (Å²) in [6.45, 7) is 2.16. The summed E-state index contributed by atoms with van der Waals surface area (Å²) in [4.78, 5) is 1.29. The molecule has 0 fully saturated rings. The molecule has 4 heteroatoms. The van der Waals surface area contributed by atoms with Gasteiger partial charge in [-0.1, -0.05) is 42.8 Å². The van der Waals surface area contributed by atoms with Gasteiger partial charge in [-0.3, -0.25) is 11.3 Å². The van der Waals surface area contributed by atoms with Gasteiger partial charge in [0.1, 0.15) is 0 Å². The van der Waals surface area contributed by atoms with Crippen LogP contribution in [0.2, 0.25) is 5.02 Å². The summed E-state index contributed by atoms with van der Waals surface area (Å²) in [5.74, 6) is 6.78. The molecule has 2 aromatic carbocycles. The minimum absolute atomic E-state index is 0.108. The third kappa shape index (κ3) is 4.25. The van der Waals surface area contributed by atoms with Crippen LogP contribution in [0.5, 0.6) is 0 Å². The average molecular weight is 307 g/mol. The van der Waals surface area contributed by atoms with E-state index in [-0.39, 0.29) is 6.04 Å². The Hall–Kier alpha value is -1.00. The maximum Gasteiger partial charge on any atom is 0.0500 e. The summed E-state index contributed by atoms with van der Waals surface area (Å²) in [7, 11) is 0. The van der Waals surface area contributed by atoms with Crippen LogP contribution in [-0.2, 0) is 6.42 Å². The second kappa shape index (κ2) is 7.70. The molecule has 0 aliphatic heterocycles. The van der Waals surface area contributed by atoms with Crippen molar-refractivity contribution in [1.29, 1.82) is 0 Å². The largest absolute Gasteiger partial charge is 0.271 e. The Morgan fingerprint density at radius 3 is 2.30 bits per heavy atom. The first-order valence-electron chi connectivity index (χ1n) is 6.66. The standard InChI is InChI=1S/C16H19ClN2S/c1-2-20-15-9-5-13(6-10-15)16(19-18)11-12-3-7-14(17)8-4-12/h3-10,16,19H,2,11,18H2,1H3. The van der Waals surface area contributed by atoms with Gasteiger partial charge in [-0.15, -0.1) is 11.8 Å². The van der Waals surface area contributed by atoms with Crippen LogP contribution in [0.4, 0.5) is 0 Å². The zero-order chi connectivity index (χ0) is 14.4. The summed E-state index contributed by atoms with van der Waals surface area (Å²) in [5.41, 5.74) is 5.30. The molecule has 0 aliphatic rings. The van der Waals surface area contributed by atoms with Crippen LogP contribution in [0.25, 0.3) is 0 Å². The Bertz CT molecular complexity index is 525. The van der Waals surface area contributed by atoms with Crippen molar-refractivity contribution >= 4 is 23.4 Å². The average Bonchev–Trinajstić information content (AvgIpc) is 2.48. The number of hydrogen-bond acceptors (Lipinski definition) is 3. The van der Waals surface area contributed by atoms with Crippen molar-refractivity contribution in [2.24, 2.45) is 5.84 Å². The molecule has 0 spiro atoms. The van der Waals surface area contributed by atoms with E-state index in [1.54, 1.807) is 0 Å². The summed E-state index contributed by atoms with van der Waals surface area (Å²) in [5, 5.41) is 0.756. The summed E-state index contributed by atoms with van der Waals surface area (Å²) in [6, 6.07) is 16.6. The maximum absolute atomic E-state index is 5.90. The molecule has 3 N–H and O–H groups in total. The van der Waals surface area contributed by atoms with Crippen LogP contribution in [-0.4, -0.2) is 5.75 Å². The Kier molecular flexibility index (Phi) is 5.92. The Labute approximate surface area is 129 Å². The fourth-order valence-corrected chi connectivity index (χ4v) is 2.88. The summed E-state index contributed by atoms with van der Waals surface area (Å²) in [6.07, 6.45) is 0.841. The highest BCUT2D eigenvalue weighted by atomic mass is 35.5. The lowest BCUT2D eigenvalue weighted by Gasteiger charge is -2.17. The van der Waals surface area contributed by atoms with Crippen molar-refractivity contribution in [2.75, 3.05) is 5.75 Å². The lowest BCUT2D eigenvalue weighted by molar-refractivity contribution is 0.551. The van der Waals surface area contributed by atoms with E-state index in [0.717, 1.165) is 17.2 Å². The molecular formula is C16H19ClN2S. The number of halogens is 1. The van der Waals surface area contributed by atoms with E-state index in [4.69, 9.17) is 17.4 Å². The molecular weight excluding hydrogens is 288 g/mol. The molecule has 20 heavy (non-hydrogen) atoms. The topological polar surface area (TPSA) is 38.0 Å². The summed E-state index contributed by atoms with van der Waals surface area (Å²) >= 11 is 7.75. The van der Waals surface area contributed by atoms with E-state index in [9.17, 15) is 0 Å². The second-order valence-corrected chi connectivity index (χ2v) is 6.33. The van der Waals surface area contributed by atoms with E-state index >= 15 is 0 Å². The van der Waals surface area contributed by atoms with Gasteiger partial charge in [0.25, 0.3) is 0 Å². The molecule has 2 rings (SSSR count). The van der Waals surface area contributed by atoms with Gasteiger partial charge in [-0.25, -0.2) is 0 Å². The second-order valence-electron chi connectivity index (χ2n) is 4.55. The minimum atomic E-state index is 0.108. The molecule has 2 aromatic rings. The lowest BCUT2D eigenvalue weighted by Crippen LogP contribution is -2.29. The molecule has 0 bridgehead atoms. The molecule has 0 radical (unpaired) electrons. The predicted molar refractivity (Wildman–Crippen MR) is 88.1 cm³/mol. The number of benzene rings is 2. The van der Waals surface area contributed by atoms with Crippen LogP contribution in [0.1, 0.15) is 24.1 Å². The molecule has 1 atom stereocenters. The highest BCUT2D eigenvalue weighted by molar-refractivity contribution is 7.99. The van der Waals surface area contributed by atoms with Crippen molar-refractivity contribution in [3.63, 3.8) is 0 Å². The van der Waals surface area contributed by atoms with Gasteiger partial charge in [0.15, 0.2) is 0 Å². The number of nitrogens with two attached hydrogens (primary N) is 1. The van der Waals surface area contributed by atoms with Crippen molar-refractivity contribution in [1.82, 2.24) is 5.43 Å². The zero-order valence-corrected chi connectivity index (χ0v) is 13.0. The molecule has 1 unspecified atom stereocenters. The number of thioether (sulfide) groups is 1. The van der Waals surface area contributed by atoms with Crippen LogP contribution in [0.15, 0.2) is 53.4 Å². The van der Waals surface area contributed by atoms with E-state index in [1.807, 2.05) is 36.0 Å². The molecule has 0 amide bonds. The van der Waals surface area contributed by atoms with E-state index < -0.39 is 0 Å². The molecule has 0 saturated heterocycles. The number of hydrogen-bond donors (Lipinski definition) is 2. The first-order valence-corrected chi connectivity index (χ1v) is 8.02. The normalized spacial score (nSPS) is 12.3. The lowest BCUT2D eigenvalue weighted by atomic mass is 9.99. The first-order chi connectivity index (χ1) is 9.72. The van der Waals surface area contributed by atoms with E-state index in [1.165, 1.54) is 16.0 Å². The van der Waals surface area contributed by atoms with Crippen molar-refractivity contribution < 1.29 is 0 Å². The molecule has 0 aromatic heterocycles. The SMILES string of the molecule is CCSc1ccc(C(Cc2ccc(Cl)cc2)NN)cc1. The highest BCUT2D eigenvalue weighted by Gasteiger charge is 2.10. The minimum Gasteiger partial charge on any atom is -0.271 e. The van der Waals surface area contributed by atoms with Crippen LogP contribution in [0.3, 0.4) is 0 Å². The number of nitrogens with one attached hydrogen (secondary N) is 1. The van der Waals surface area contributed by atoms with Gasteiger partial charge in [-0.05, 0) is 47.6 Å².